The van der Waals surface area contributed by atoms with Crippen LogP contribution in [0.1, 0.15) is 29.3 Å². The zero-order chi connectivity index (χ0) is 27.5. The smallest absolute Gasteiger partial charge is 0.313 e. The van der Waals surface area contributed by atoms with Gasteiger partial charge in [-0.1, -0.05) is 41.9 Å². The van der Waals surface area contributed by atoms with E-state index in [9.17, 15) is 23.6 Å². The van der Waals surface area contributed by atoms with Crippen LogP contribution in [-0.2, 0) is 19.1 Å². The molecular formula is C28H24ClFN2O5S. The molecule has 0 aliphatic heterocycles. The molecule has 0 heterocycles. The molecule has 3 aromatic carbocycles. The number of hydrogen-bond acceptors (Lipinski definition) is 6. The molecule has 0 saturated heterocycles. The van der Waals surface area contributed by atoms with Gasteiger partial charge in [0.1, 0.15) is 17.9 Å². The number of thioether (sulfide) groups is 1. The van der Waals surface area contributed by atoms with Gasteiger partial charge in [-0.05, 0) is 55.5 Å². The average molecular weight is 555 g/mol. The Morgan fingerprint density at radius 3 is 2.45 bits per heavy atom. The van der Waals surface area contributed by atoms with E-state index < -0.39 is 23.6 Å². The minimum absolute atomic E-state index is 0.0419. The number of amides is 2. The lowest BCUT2D eigenvalue weighted by Crippen LogP contribution is -2.30. The minimum Gasteiger partial charge on any atom is -0.466 e. The van der Waals surface area contributed by atoms with Gasteiger partial charge < -0.3 is 15.4 Å². The van der Waals surface area contributed by atoms with Crippen LogP contribution in [0.3, 0.4) is 0 Å². The third-order valence-electron chi connectivity index (χ3n) is 4.96. The Balaban J connectivity index is 1.78. The summed E-state index contributed by atoms with van der Waals surface area (Å²) in [5, 5.41) is 5.27. The lowest BCUT2D eigenvalue weighted by molar-refractivity contribution is -0.145. The Morgan fingerprint density at radius 1 is 1.00 bits per heavy atom. The molecule has 3 rings (SSSR count). The fraction of sp³-hybridized carbons (Fsp3) is 0.143. The Bertz CT molecular complexity index is 1340. The van der Waals surface area contributed by atoms with Crippen molar-refractivity contribution in [3.05, 3.63) is 100 Å². The number of Topliss-reactive ketones (excluding diaryl/α,β-unsaturated/α-hetero) is 1. The van der Waals surface area contributed by atoms with Crippen molar-refractivity contribution in [2.45, 2.75) is 18.2 Å². The number of esters is 1. The Labute approximate surface area is 228 Å². The van der Waals surface area contributed by atoms with Gasteiger partial charge in [0.25, 0.3) is 11.8 Å². The minimum atomic E-state index is -0.714. The summed E-state index contributed by atoms with van der Waals surface area (Å²) in [5.41, 5.74) is 0.389. The molecule has 0 radical (unpaired) electrons. The number of carbonyl (C=O) groups excluding carboxylic acids is 4. The third-order valence-corrected chi connectivity index (χ3v) is 6.34. The van der Waals surface area contributed by atoms with Crippen molar-refractivity contribution in [3.63, 3.8) is 0 Å². The normalized spacial score (nSPS) is 11.0. The number of ketones is 1. The van der Waals surface area contributed by atoms with Gasteiger partial charge in [0, 0.05) is 21.7 Å². The molecule has 0 fully saturated rings. The number of hydrogen-bond donors (Lipinski definition) is 2. The average Bonchev–Trinajstić information content (AvgIpc) is 2.89. The molecule has 0 bridgehead atoms. The van der Waals surface area contributed by atoms with Crippen LogP contribution in [0, 0.1) is 5.82 Å². The van der Waals surface area contributed by atoms with Gasteiger partial charge in [0.05, 0.1) is 17.4 Å². The van der Waals surface area contributed by atoms with Gasteiger partial charge in [0.15, 0.2) is 5.78 Å². The summed E-state index contributed by atoms with van der Waals surface area (Å²) in [4.78, 5) is 50.1. The molecule has 0 saturated carbocycles. The first-order valence-electron chi connectivity index (χ1n) is 11.5. The van der Waals surface area contributed by atoms with Crippen molar-refractivity contribution in [1.29, 1.82) is 0 Å². The molecule has 0 aliphatic carbocycles. The first kappa shape index (κ1) is 28.6. The SMILES string of the molecule is CCOC(=O)CC(=O)CSc1cccc(NC(=O)/C(=C/c2c(F)cccc2Cl)NC(=O)c2ccccc2)c1. The van der Waals surface area contributed by atoms with E-state index in [0.29, 0.717) is 16.1 Å². The van der Waals surface area contributed by atoms with Crippen LogP contribution in [-0.4, -0.2) is 35.9 Å². The van der Waals surface area contributed by atoms with Gasteiger partial charge in [0.2, 0.25) is 0 Å². The van der Waals surface area contributed by atoms with Crippen LogP contribution in [0.25, 0.3) is 6.08 Å². The molecule has 7 nitrogen and oxygen atoms in total. The second-order valence-electron chi connectivity index (χ2n) is 7.80. The largest absolute Gasteiger partial charge is 0.466 e. The van der Waals surface area contributed by atoms with Crippen LogP contribution in [0.15, 0.2) is 83.4 Å². The first-order chi connectivity index (χ1) is 18.3. The van der Waals surface area contributed by atoms with Gasteiger partial charge in [-0.25, -0.2) is 4.39 Å². The summed E-state index contributed by atoms with van der Waals surface area (Å²) < 4.78 is 19.2. The summed E-state index contributed by atoms with van der Waals surface area (Å²) in [6.45, 7) is 1.86. The van der Waals surface area contributed by atoms with Gasteiger partial charge in [-0.3, -0.25) is 19.2 Å². The molecule has 2 amide bonds. The number of ether oxygens (including phenoxy) is 1. The molecular weight excluding hydrogens is 531 g/mol. The third kappa shape index (κ3) is 8.57. The molecule has 0 aromatic heterocycles. The Hall–Kier alpha value is -3.95. The van der Waals surface area contributed by atoms with E-state index in [1.807, 2.05) is 0 Å². The monoisotopic (exact) mass is 554 g/mol. The molecule has 3 aromatic rings. The van der Waals surface area contributed by atoms with Crippen molar-refractivity contribution in [1.82, 2.24) is 5.32 Å². The predicted octanol–water partition coefficient (Wildman–Crippen LogP) is 5.50. The second kappa shape index (κ2) is 14.1. The van der Waals surface area contributed by atoms with E-state index in [0.717, 1.165) is 0 Å². The fourth-order valence-electron chi connectivity index (χ4n) is 3.19. The number of carbonyl (C=O) groups is 4. The predicted molar refractivity (Wildman–Crippen MR) is 145 cm³/mol. The van der Waals surface area contributed by atoms with E-state index in [1.54, 1.807) is 61.5 Å². The number of anilines is 1. The van der Waals surface area contributed by atoms with Crippen molar-refractivity contribution >= 4 is 58.7 Å². The van der Waals surface area contributed by atoms with E-state index in [2.05, 4.69) is 10.6 Å². The van der Waals surface area contributed by atoms with Crippen LogP contribution < -0.4 is 10.6 Å². The number of halogens is 2. The maximum Gasteiger partial charge on any atom is 0.313 e. The van der Waals surface area contributed by atoms with Gasteiger partial charge in [-0.15, -0.1) is 11.8 Å². The molecule has 0 unspecified atom stereocenters. The van der Waals surface area contributed by atoms with Crippen LogP contribution >= 0.6 is 23.4 Å². The molecule has 0 aliphatic rings. The number of rotatable bonds is 11. The highest BCUT2D eigenvalue weighted by Gasteiger charge is 2.17. The van der Waals surface area contributed by atoms with Crippen LogP contribution in [0.4, 0.5) is 10.1 Å². The number of benzene rings is 3. The quantitative estimate of drug-likeness (QED) is 0.140. The molecule has 196 valence electrons. The maximum atomic E-state index is 14.5. The fourth-order valence-corrected chi connectivity index (χ4v) is 4.22. The van der Waals surface area contributed by atoms with Crippen molar-refractivity contribution in [2.75, 3.05) is 17.7 Å². The van der Waals surface area contributed by atoms with Crippen molar-refractivity contribution < 1.29 is 28.3 Å². The summed E-state index contributed by atoms with van der Waals surface area (Å²) in [5.74, 6) is -2.77. The van der Waals surface area contributed by atoms with Crippen LogP contribution in [0.5, 0.6) is 0 Å². The lowest BCUT2D eigenvalue weighted by atomic mass is 10.1. The van der Waals surface area contributed by atoms with Crippen molar-refractivity contribution in [2.24, 2.45) is 0 Å². The highest BCUT2D eigenvalue weighted by molar-refractivity contribution is 8.00. The summed E-state index contributed by atoms with van der Waals surface area (Å²) >= 11 is 7.33. The van der Waals surface area contributed by atoms with E-state index in [4.69, 9.17) is 16.3 Å². The van der Waals surface area contributed by atoms with Gasteiger partial charge in [-0.2, -0.15) is 0 Å². The van der Waals surface area contributed by atoms with E-state index in [-0.39, 0.29) is 40.8 Å². The second-order valence-corrected chi connectivity index (χ2v) is 9.26. The lowest BCUT2D eigenvalue weighted by Gasteiger charge is -2.13. The molecule has 0 atom stereocenters. The molecule has 2 N–H and O–H groups in total. The van der Waals surface area contributed by atoms with Crippen molar-refractivity contribution in [3.8, 4) is 0 Å². The highest BCUT2D eigenvalue weighted by Crippen LogP contribution is 2.24. The zero-order valence-electron chi connectivity index (χ0n) is 20.3. The van der Waals surface area contributed by atoms with Crippen LogP contribution in [0.2, 0.25) is 5.02 Å². The number of nitrogens with one attached hydrogen (secondary N) is 2. The Morgan fingerprint density at radius 2 is 1.74 bits per heavy atom. The standard InChI is InChI=1S/C28H24ClFN2O5S/c1-2-37-26(34)15-20(33)17-38-21-11-6-10-19(14-21)31-28(36)25(16-22-23(29)12-7-13-24(22)30)32-27(35)18-8-4-3-5-9-18/h3-14,16H,2,15,17H2,1H3,(H,31,36)(H,32,35)/b25-16-. The summed E-state index contributed by atoms with van der Waals surface area (Å²) in [6.07, 6.45) is 0.853. The van der Waals surface area contributed by atoms with Gasteiger partial charge >= 0.3 is 5.97 Å². The van der Waals surface area contributed by atoms with E-state index >= 15 is 0 Å². The maximum absolute atomic E-state index is 14.5. The topological polar surface area (TPSA) is 102 Å². The molecule has 10 heteroatoms. The highest BCUT2D eigenvalue weighted by atomic mass is 35.5. The molecule has 0 spiro atoms. The zero-order valence-corrected chi connectivity index (χ0v) is 21.9. The first-order valence-corrected chi connectivity index (χ1v) is 12.9. The summed E-state index contributed by atoms with van der Waals surface area (Å²) in [6, 6.07) is 19.0. The van der Waals surface area contributed by atoms with E-state index in [1.165, 1.54) is 36.0 Å². The molecule has 38 heavy (non-hydrogen) atoms. The Kier molecular flexibility index (Phi) is 10.6. The summed E-state index contributed by atoms with van der Waals surface area (Å²) in [7, 11) is 0.